The molecule has 3 aromatic carbocycles. The topological polar surface area (TPSA) is 33.6 Å². The van der Waals surface area contributed by atoms with Crippen molar-refractivity contribution >= 4 is 33.7 Å². The third-order valence-electron chi connectivity index (χ3n) is 5.37. The zero-order chi connectivity index (χ0) is 20.7. The van der Waals surface area contributed by atoms with Crippen molar-refractivity contribution < 1.29 is 4.39 Å². The first-order valence-electron chi connectivity index (χ1n) is 10.1. The molecule has 5 heteroatoms. The zero-order valence-electron chi connectivity index (χ0n) is 16.9. The van der Waals surface area contributed by atoms with Gasteiger partial charge in [0, 0.05) is 34.0 Å². The lowest BCUT2D eigenvalue weighted by Gasteiger charge is -2.15. The highest BCUT2D eigenvalue weighted by molar-refractivity contribution is 7.98. The molecule has 0 aliphatic heterocycles. The maximum absolute atomic E-state index is 13.6. The van der Waals surface area contributed by atoms with Gasteiger partial charge in [0.25, 0.3) is 0 Å². The van der Waals surface area contributed by atoms with Crippen LogP contribution in [0.3, 0.4) is 0 Å². The molecule has 5 aromatic rings. The number of nitrogens with zero attached hydrogens (tertiary/aromatic N) is 2. The number of aromatic amines is 1. The van der Waals surface area contributed by atoms with Crippen LogP contribution < -0.4 is 0 Å². The SMILES string of the molecule is CC(C)n1c(CSc2nc3ccccc3[nH]2)c(-c2ccc(F)cc2)c2ccccc21. The van der Waals surface area contributed by atoms with Crippen molar-refractivity contribution in [2.45, 2.75) is 30.8 Å². The van der Waals surface area contributed by atoms with Gasteiger partial charge in [-0.1, -0.05) is 54.2 Å². The third kappa shape index (κ3) is 3.29. The first-order valence-corrected chi connectivity index (χ1v) is 11.1. The predicted octanol–water partition coefficient (Wildman–Crippen LogP) is 7.20. The molecule has 0 saturated carbocycles. The van der Waals surface area contributed by atoms with Crippen molar-refractivity contribution in [2.75, 3.05) is 0 Å². The van der Waals surface area contributed by atoms with Gasteiger partial charge in [-0.15, -0.1) is 0 Å². The highest BCUT2D eigenvalue weighted by Crippen LogP contribution is 2.39. The number of hydrogen-bond acceptors (Lipinski definition) is 2. The standard InChI is InChI=1S/C25H22FN3S/c1-16(2)29-22-10-6-3-7-19(22)24(17-11-13-18(26)14-12-17)23(29)15-30-25-27-20-8-4-5-9-21(20)28-25/h3-14,16H,15H2,1-2H3,(H,27,28). The predicted molar refractivity (Wildman–Crippen MR) is 123 cm³/mol. The number of thioether (sulfide) groups is 1. The van der Waals surface area contributed by atoms with E-state index in [4.69, 9.17) is 4.98 Å². The maximum atomic E-state index is 13.6. The fourth-order valence-corrected chi connectivity index (χ4v) is 5.02. The van der Waals surface area contributed by atoms with E-state index in [1.54, 1.807) is 11.8 Å². The number of nitrogens with one attached hydrogen (secondary N) is 1. The molecule has 0 fully saturated rings. The second-order valence-corrected chi connectivity index (χ2v) is 8.62. The van der Waals surface area contributed by atoms with Crippen molar-refractivity contribution in [2.24, 2.45) is 0 Å². The quantitative estimate of drug-likeness (QED) is 0.308. The van der Waals surface area contributed by atoms with Crippen LogP contribution in [0.15, 0.2) is 78.0 Å². The van der Waals surface area contributed by atoms with E-state index in [0.29, 0.717) is 6.04 Å². The summed E-state index contributed by atoms with van der Waals surface area (Å²) in [6, 6.07) is 23.7. The number of imidazole rings is 1. The maximum Gasteiger partial charge on any atom is 0.166 e. The summed E-state index contributed by atoms with van der Waals surface area (Å²) in [5.74, 6) is 0.545. The summed E-state index contributed by atoms with van der Waals surface area (Å²) >= 11 is 1.70. The van der Waals surface area contributed by atoms with Crippen molar-refractivity contribution in [3.63, 3.8) is 0 Å². The van der Waals surface area contributed by atoms with Crippen LogP contribution in [0.25, 0.3) is 33.1 Å². The van der Waals surface area contributed by atoms with Crippen LogP contribution in [-0.4, -0.2) is 14.5 Å². The Labute approximate surface area is 179 Å². The summed E-state index contributed by atoms with van der Waals surface area (Å²) in [4.78, 5) is 8.13. The number of para-hydroxylation sites is 3. The molecule has 0 unspecified atom stereocenters. The minimum absolute atomic E-state index is 0.218. The molecule has 0 amide bonds. The largest absolute Gasteiger partial charge is 0.341 e. The van der Waals surface area contributed by atoms with Gasteiger partial charge in [0.2, 0.25) is 0 Å². The number of benzene rings is 3. The molecule has 0 aliphatic carbocycles. The Morgan fingerprint density at radius 3 is 2.47 bits per heavy atom. The van der Waals surface area contributed by atoms with Gasteiger partial charge >= 0.3 is 0 Å². The summed E-state index contributed by atoms with van der Waals surface area (Å²) < 4.78 is 16.0. The van der Waals surface area contributed by atoms with Gasteiger partial charge in [0.15, 0.2) is 5.16 Å². The van der Waals surface area contributed by atoms with Gasteiger partial charge in [-0.3, -0.25) is 0 Å². The molecule has 30 heavy (non-hydrogen) atoms. The monoisotopic (exact) mass is 415 g/mol. The van der Waals surface area contributed by atoms with Crippen LogP contribution in [-0.2, 0) is 5.75 Å². The van der Waals surface area contributed by atoms with Gasteiger partial charge in [0.1, 0.15) is 5.82 Å². The third-order valence-corrected chi connectivity index (χ3v) is 6.26. The number of fused-ring (bicyclic) bond motifs is 2. The van der Waals surface area contributed by atoms with E-state index < -0.39 is 0 Å². The van der Waals surface area contributed by atoms with Crippen LogP contribution in [0.5, 0.6) is 0 Å². The Balaban J connectivity index is 1.64. The molecule has 0 bridgehead atoms. The Kier molecular flexibility index (Phi) is 4.83. The average Bonchev–Trinajstić information content (AvgIpc) is 3.31. The molecule has 5 rings (SSSR count). The molecule has 3 nitrogen and oxygen atoms in total. The first-order chi connectivity index (χ1) is 14.6. The molecule has 150 valence electrons. The minimum Gasteiger partial charge on any atom is -0.341 e. The fraction of sp³-hybridized carbons (Fsp3) is 0.160. The van der Waals surface area contributed by atoms with Crippen LogP contribution >= 0.6 is 11.8 Å². The lowest BCUT2D eigenvalue weighted by Crippen LogP contribution is -2.05. The molecular formula is C25H22FN3S. The van der Waals surface area contributed by atoms with E-state index in [9.17, 15) is 4.39 Å². The molecular weight excluding hydrogens is 393 g/mol. The molecule has 0 aliphatic rings. The van der Waals surface area contributed by atoms with Gasteiger partial charge in [-0.05, 0) is 49.7 Å². The molecule has 0 saturated heterocycles. The average molecular weight is 416 g/mol. The van der Waals surface area contributed by atoms with Gasteiger partial charge in [-0.2, -0.15) is 0 Å². The summed E-state index contributed by atoms with van der Waals surface area (Å²) in [7, 11) is 0. The van der Waals surface area contributed by atoms with Crippen molar-refractivity contribution in [3.05, 3.63) is 84.3 Å². The Morgan fingerprint density at radius 1 is 0.967 bits per heavy atom. The second kappa shape index (κ2) is 7.65. The normalized spacial score (nSPS) is 11.7. The molecule has 0 radical (unpaired) electrons. The van der Waals surface area contributed by atoms with E-state index in [0.717, 1.165) is 27.5 Å². The highest BCUT2D eigenvalue weighted by Gasteiger charge is 2.20. The molecule has 2 heterocycles. The summed E-state index contributed by atoms with van der Waals surface area (Å²) in [6.07, 6.45) is 0. The van der Waals surface area contributed by atoms with E-state index >= 15 is 0 Å². The highest BCUT2D eigenvalue weighted by atomic mass is 32.2. The number of hydrogen-bond donors (Lipinski definition) is 1. The van der Waals surface area contributed by atoms with Crippen molar-refractivity contribution in [3.8, 4) is 11.1 Å². The van der Waals surface area contributed by atoms with E-state index in [1.807, 2.05) is 36.4 Å². The number of H-pyrrole nitrogens is 1. The molecule has 2 aromatic heterocycles. The Morgan fingerprint density at radius 2 is 1.70 bits per heavy atom. The number of rotatable bonds is 5. The number of halogens is 1. The van der Waals surface area contributed by atoms with Gasteiger partial charge in [-0.25, -0.2) is 9.37 Å². The Hall–Kier alpha value is -3.05. The summed E-state index contributed by atoms with van der Waals surface area (Å²) in [6.45, 7) is 4.41. The van der Waals surface area contributed by atoms with Crippen molar-refractivity contribution in [1.82, 2.24) is 14.5 Å². The van der Waals surface area contributed by atoms with Crippen LogP contribution in [0, 0.1) is 5.82 Å². The zero-order valence-corrected chi connectivity index (χ0v) is 17.7. The van der Waals surface area contributed by atoms with Crippen LogP contribution in [0.1, 0.15) is 25.6 Å². The molecule has 1 N–H and O–H groups in total. The smallest absolute Gasteiger partial charge is 0.166 e. The fourth-order valence-electron chi connectivity index (χ4n) is 4.12. The molecule has 0 atom stereocenters. The van der Waals surface area contributed by atoms with Crippen LogP contribution in [0.4, 0.5) is 4.39 Å². The first kappa shape index (κ1) is 18.9. The lowest BCUT2D eigenvalue weighted by molar-refractivity contribution is 0.606. The minimum atomic E-state index is -0.218. The molecule has 0 spiro atoms. The number of aromatic nitrogens is 3. The lowest BCUT2D eigenvalue weighted by atomic mass is 10.0. The van der Waals surface area contributed by atoms with E-state index in [-0.39, 0.29) is 5.82 Å². The van der Waals surface area contributed by atoms with Gasteiger partial charge < -0.3 is 9.55 Å². The Bertz CT molecular complexity index is 1300. The van der Waals surface area contributed by atoms with Crippen molar-refractivity contribution in [1.29, 1.82) is 0 Å². The summed E-state index contributed by atoms with van der Waals surface area (Å²) in [5.41, 5.74) is 6.65. The van der Waals surface area contributed by atoms with Crippen LogP contribution in [0.2, 0.25) is 0 Å². The van der Waals surface area contributed by atoms with Gasteiger partial charge in [0.05, 0.1) is 11.0 Å². The van der Waals surface area contributed by atoms with E-state index in [2.05, 4.69) is 47.7 Å². The second-order valence-electron chi connectivity index (χ2n) is 7.66. The summed E-state index contributed by atoms with van der Waals surface area (Å²) in [5, 5.41) is 2.10. The van der Waals surface area contributed by atoms with E-state index in [1.165, 1.54) is 34.3 Å².